The number of hydrogen-bond donors (Lipinski definition) is 1. The number of rotatable bonds is 3. The van der Waals surface area contributed by atoms with Crippen LogP contribution in [0.15, 0.2) is 11.4 Å². The molecule has 60 valence electrons. The number of thiophene rings is 1. The number of carboxylic acids is 1. The normalized spacial score (nSPS) is 9.55. The third-order valence-electron chi connectivity index (χ3n) is 1.24. The van der Waals surface area contributed by atoms with Crippen molar-refractivity contribution in [3.8, 4) is 5.75 Å². The number of hydrogen-bond acceptors (Lipinski definition) is 3. The number of carboxylic acid groups (broad SMARTS) is 1. The molecule has 3 nitrogen and oxygen atoms in total. The Hall–Kier alpha value is -1.03. The van der Waals surface area contributed by atoms with Crippen molar-refractivity contribution in [1.82, 2.24) is 0 Å². The zero-order valence-electron chi connectivity index (χ0n) is 6.03. The highest BCUT2D eigenvalue weighted by molar-refractivity contribution is 7.10. The van der Waals surface area contributed by atoms with Crippen LogP contribution in [0.4, 0.5) is 0 Å². The number of ether oxygens (including phenoxy) is 1. The lowest BCUT2D eigenvalue weighted by Gasteiger charge is -1.97. The van der Waals surface area contributed by atoms with Gasteiger partial charge in [-0.3, -0.25) is 4.79 Å². The molecule has 4 heteroatoms. The molecule has 0 unspecified atom stereocenters. The molecule has 0 bridgehead atoms. The molecule has 11 heavy (non-hydrogen) atoms. The van der Waals surface area contributed by atoms with Gasteiger partial charge >= 0.3 is 5.97 Å². The summed E-state index contributed by atoms with van der Waals surface area (Å²) in [5.74, 6) is -0.164. The summed E-state index contributed by atoms with van der Waals surface area (Å²) in [6.45, 7) is 0. The van der Waals surface area contributed by atoms with E-state index in [2.05, 4.69) is 0 Å². The Labute approximate surface area is 68.2 Å². The van der Waals surface area contributed by atoms with Crippen molar-refractivity contribution < 1.29 is 14.6 Å². The lowest BCUT2D eigenvalue weighted by atomic mass is 10.3. The van der Waals surface area contributed by atoms with Crippen molar-refractivity contribution in [1.29, 1.82) is 0 Å². The van der Waals surface area contributed by atoms with Crippen LogP contribution in [0.25, 0.3) is 0 Å². The van der Waals surface area contributed by atoms with E-state index in [1.165, 1.54) is 18.4 Å². The molecule has 0 aliphatic rings. The summed E-state index contributed by atoms with van der Waals surface area (Å²) in [5.41, 5.74) is 0. The molecule has 0 amide bonds. The van der Waals surface area contributed by atoms with Crippen molar-refractivity contribution in [3.63, 3.8) is 0 Å². The smallest absolute Gasteiger partial charge is 0.308 e. The van der Waals surface area contributed by atoms with Gasteiger partial charge in [-0.1, -0.05) is 0 Å². The van der Waals surface area contributed by atoms with Crippen LogP contribution in [0.5, 0.6) is 5.75 Å². The minimum atomic E-state index is -0.828. The Morgan fingerprint density at radius 1 is 1.82 bits per heavy atom. The van der Waals surface area contributed by atoms with E-state index in [0.717, 1.165) is 4.88 Å². The first-order valence-electron chi connectivity index (χ1n) is 3.06. The van der Waals surface area contributed by atoms with Crippen LogP contribution >= 0.6 is 11.3 Å². The summed E-state index contributed by atoms with van der Waals surface area (Å²) in [6, 6.07) is 1.77. The molecule has 1 rings (SSSR count). The molecule has 0 aromatic carbocycles. The van der Waals surface area contributed by atoms with Gasteiger partial charge < -0.3 is 9.84 Å². The molecule has 0 spiro atoms. The number of aliphatic carboxylic acids is 1. The van der Waals surface area contributed by atoms with Crippen LogP contribution in [0.1, 0.15) is 4.88 Å². The summed E-state index contributed by atoms with van der Waals surface area (Å²) in [5, 5.41) is 10.3. The Morgan fingerprint density at radius 3 is 3.09 bits per heavy atom. The standard InChI is InChI=1S/C7H8O3S/c1-10-5-2-3-11-6(5)4-7(8)9/h2-3H,4H2,1H3,(H,8,9). The first kappa shape index (κ1) is 8.07. The van der Waals surface area contributed by atoms with Gasteiger partial charge in [0.25, 0.3) is 0 Å². The van der Waals surface area contributed by atoms with E-state index >= 15 is 0 Å². The molecule has 1 heterocycles. The van der Waals surface area contributed by atoms with Crippen molar-refractivity contribution >= 4 is 17.3 Å². The van der Waals surface area contributed by atoms with Crippen LogP contribution in [0.2, 0.25) is 0 Å². The molecule has 0 saturated carbocycles. The Balaban J connectivity index is 2.76. The lowest BCUT2D eigenvalue weighted by Crippen LogP contribution is -1.99. The van der Waals surface area contributed by atoms with Crippen LogP contribution in [0.3, 0.4) is 0 Å². The van der Waals surface area contributed by atoms with Gasteiger partial charge in [0.05, 0.1) is 18.4 Å². The van der Waals surface area contributed by atoms with E-state index < -0.39 is 5.97 Å². The van der Waals surface area contributed by atoms with E-state index in [0.29, 0.717) is 5.75 Å². The van der Waals surface area contributed by atoms with E-state index in [-0.39, 0.29) is 6.42 Å². The fourth-order valence-electron chi connectivity index (χ4n) is 0.777. The summed E-state index contributed by atoms with van der Waals surface area (Å²) in [6.07, 6.45) is 0.0425. The fraction of sp³-hybridized carbons (Fsp3) is 0.286. The number of methoxy groups -OCH3 is 1. The Bertz CT molecular complexity index is 254. The van der Waals surface area contributed by atoms with Gasteiger partial charge in [-0.15, -0.1) is 11.3 Å². The highest BCUT2D eigenvalue weighted by Crippen LogP contribution is 2.24. The monoisotopic (exact) mass is 172 g/mol. The Kier molecular flexibility index (Phi) is 2.48. The third-order valence-corrected chi connectivity index (χ3v) is 2.14. The average Bonchev–Trinajstić information content (AvgIpc) is 2.34. The average molecular weight is 172 g/mol. The molecule has 0 fully saturated rings. The first-order valence-corrected chi connectivity index (χ1v) is 3.94. The fourth-order valence-corrected chi connectivity index (χ4v) is 1.61. The second kappa shape index (κ2) is 3.39. The lowest BCUT2D eigenvalue weighted by molar-refractivity contribution is -0.136. The van der Waals surface area contributed by atoms with Gasteiger partial charge in [-0.2, -0.15) is 0 Å². The van der Waals surface area contributed by atoms with Crippen LogP contribution in [0, 0.1) is 0 Å². The summed E-state index contributed by atoms with van der Waals surface area (Å²) in [7, 11) is 1.54. The molecule has 1 aromatic rings. The highest BCUT2D eigenvalue weighted by Gasteiger charge is 2.07. The molecule has 0 aliphatic heterocycles. The molecule has 0 atom stereocenters. The van der Waals surface area contributed by atoms with E-state index in [1.54, 1.807) is 6.07 Å². The number of carbonyl (C=O) groups is 1. The molecular weight excluding hydrogens is 164 g/mol. The summed E-state index contributed by atoms with van der Waals surface area (Å²) < 4.78 is 4.93. The second-order valence-corrected chi connectivity index (χ2v) is 2.98. The van der Waals surface area contributed by atoms with Crippen molar-refractivity contribution in [3.05, 3.63) is 16.3 Å². The van der Waals surface area contributed by atoms with Crippen molar-refractivity contribution in [2.24, 2.45) is 0 Å². The minimum Gasteiger partial charge on any atom is -0.496 e. The summed E-state index contributed by atoms with van der Waals surface area (Å²) in [4.78, 5) is 11.0. The summed E-state index contributed by atoms with van der Waals surface area (Å²) >= 11 is 1.40. The topological polar surface area (TPSA) is 46.5 Å². The predicted octanol–water partition coefficient (Wildman–Crippen LogP) is 1.38. The third kappa shape index (κ3) is 1.94. The Morgan fingerprint density at radius 2 is 2.55 bits per heavy atom. The second-order valence-electron chi connectivity index (χ2n) is 1.98. The van der Waals surface area contributed by atoms with Gasteiger partial charge in [0, 0.05) is 0 Å². The largest absolute Gasteiger partial charge is 0.496 e. The first-order chi connectivity index (χ1) is 5.24. The van der Waals surface area contributed by atoms with Crippen molar-refractivity contribution in [2.75, 3.05) is 7.11 Å². The van der Waals surface area contributed by atoms with Crippen LogP contribution in [-0.2, 0) is 11.2 Å². The van der Waals surface area contributed by atoms with Gasteiger partial charge in [-0.25, -0.2) is 0 Å². The van der Waals surface area contributed by atoms with Gasteiger partial charge in [-0.05, 0) is 11.4 Å². The molecule has 0 aliphatic carbocycles. The molecule has 1 aromatic heterocycles. The van der Waals surface area contributed by atoms with Crippen LogP contribution in [-0.4, -0.2) is 18.2 Å². The minimum absolute atomic E-state index is 0.0425. The predicted molar refractivity (Wildman–Crippen MR) is 42.2 cm³/mol. The maximum Gasteiger partial charge on any atom is 0.308 e. The SMILES string of the molecule is COc1ccsc1CC(=O)O. The molecule has 0 saturated heterocycles. The van der Waals surface area contributed by atoms with Crippen LogP contribution < -0.4 is 4.74 Å². The molecular formula is C7H8O3S. The van der Waals surface area contributed by atoms with Crippen molar-refractivity contribution in [2.45, 2.75) is 6.42 Å². The van der Waals surface area contributed by atoms with E-state index in [4.69, 9.17) is 9.84 Å². The van der Waals surface area contributed by atoms with Gasteiger partial charge in [0.2, 0.25) is 0 Å². The highest BCUT2D eigenvalue weighted by atomic mass is 32.1. The maximum absolute atomic E-state index is 10.3. The zero-order chi connectivity index (χ0) is 8.27. The quantitative estimate of drug-likeness (QED) is 0.749. The molecule has 1 N–H and O–H groups in total. The zero-order valence-corrected chi connectivity index (χ0v) is 6.85. The molecule has 0 radical (unpaired) electrons. The van der Waals surface area contributed by atoms with Gasteiger partial charge in [0.1, 0.15) is 5.75 Å². The van der Waals surface area contributed by atoms with Gasteiger partial charge in [0.15, 0.2) is 0 Å². The van der Waals surface area contributed by atoms with E-state index in [9.17, 15) is 4.79 Å². The van der Waals surface area contributed by atoms with E-state index in [1.807, 2.05) is 5.38 Å². The maximum atomic E-state index is 10.3.